The summed E-state index contributed by atoms with van der Waals surface area (Å²) in [6, 6.07) is 10.7. The van der Waals surface area contributed by atoms with E-state index in [1.165, 1.54) is 7.11 Å². The molecule has 134 valence electrons. The number of azo groups is 1. The summed E-state index contributed by atoms with van der Waals surface area (Å²) in [6.45, 7) is 1.62. The average Bonchev–Trinajstić information content (AvgIpc) is 2.93. The van der Waals surface area contributed by atoms with E-state index in [4.69, 9.17) is 9.47 Å². The maximum Gasteiger partial charge on any atom is 0.302 e. The lowest BCUT2D eigenvalue weighted by Gasteiger charge is -2.07. The van der Waals surface area contributed by atoms with E-state index in [2.05, 4.69) is 31.1 Å². The van der Waals surface area contributed by atoms with Crippen molar-refractivity contribution < 1.29 is 19.4 Å². The van der Waals surface area contributed by atoms with Crippen LogP contribution in [0.25, 0.3) is 10.9 Å². The SMILES string of the molecule is COc1ccccc1OCC(=O)N=Nc1c(O)[nH]c2cc(Br)c(C)cc12. The number of aromatic hydroxyl groups is 1. The number of benzene rings is 2. The summed E-state index contributed by atoms with van der Waals surface area (Å²) in [6.07, 6.45) is 0. The van der Waals surface area contributed by atoms with E-state index in [1.807, 2.05) is 19.1 Å². The van der Waals surface area contributed by atoms with Crippen molar-refractivity contribution in [3.05, 3.63) is 46.4 Å². The van der Waals surface area contributed by atoms with Gasteiger partial charge in [0.2, 0.25) is 5.88 Å². The summed E-state index contributed by atoms with van der Waals surface area (Å²) in [7, 11) is 1.52. The number of ether oxygens (including phenoxy) is 2. The maximum absolute atomic E-state index is 12.0. The van der Waals surface area contributed by atoms with E-state index in [9.17, 15) is 9.90 Å². The van der Waals surface area contributed by atoms with E-state index >= 15 is 0 Å². The molecule has 7 nitrogen and oxygen atoms in total. The quantitative estimate of drug-likeness (QED) is 0.590. The number of halogens is 1. The Hall–Kier alpha value is -2.87. The molecule has 0 unspecified atom stereocenters. The highest BCUT2D eigenvalue weighted by Crippen LogP contribution is 2.37. The Labute approximate surface area is 157 Å². The first-order chi connectivity index (χ1) is 12.5. The molecule has 0 aliphatic carbocycles. The van der Waals surface area contributed by atoms with Gasteiger partial charge in [-0.05, 0) is 36.8 Å². The molecule has 1 aromatic heterocycles. The summed E-state index contributed by atoms with van der Waals surface area (Å²) in [5.41, 5.74) is 1.87. The van der Waals surface area contributed by atoms with Gasteiger partial charge in [0.05, 0.1) is 12.6 Å². The number of aromatic nitrogens is 1. The molecule has 1 amide bonds. The number of nitrogens with zero attached hydrogens (tertiary/aromatic N) is 2. The summed E-state index contributed by atoms with van der Waals surface area (Å²) in [4.78, 5) is 14.8. The fraction of sp³-hybridized carbons (Fsp3) is 0.167. The number of nitrogens with one attached hydrogen (secondary N) is 1. The monoisotopic (exact) mass is 417 g/mol. The third-order valence-electron chi connectivity index (χ3n) is 3.71. The standard InChI is InChI=1S/C18H16BrN3O4/c1-10-7-11-13(8-12(10)19)20-18(24)17(11)22-21-16(23)9-26-15-6-4-3-5-14(15)25-2/h3-8,20,24H,9H2,1-2H3. The van der Waals surface area contributed by atoms with Crippen LogP contribution < -0.4 is 9.47 Å². The molecule has 2 aromatic carbocycles. The highest BCUT2D eigenvalue weighted by Gasteiger charge is 2.13. The number of amides is 1. The van der Waals surface area contributed by atoms with Crippen LogP contribution in [-0.4, -0.2) is 29.7 Å². The highest BCUT2D eigenvalue weighted by molar-refractivity contribution is 9.10. The molecule has 0 radical (unpaired) electrons. The molecule has 8 heteroatoms. The number of H-pyrrole nitrogens is 1. The van der Waals surface area contributed by atoms with Gasteiger partial charge in [-0.3, -0.25) is 4.79 Å². The zero-order chi connectivity index (χ0) is 18.7. The summed E-state index contributed by atoms with van der Waals surface area (Å²) >= 11 is 3.43. The number of hydrogen-bond acceptors (Lipinski definition) is 5. The van der Waals surface area contributed by atoms with E-state index in [0.717, 1.165) is 10.0 Å². The van der Waals surface area contributed by atoms with Crippen molar-refractivity contribution in [1.29, 1.82) is 0 Å². The molecule has 26 heavy (non-hydrogen) atoms. The van der Waals surface area contributed by atoms with Gasteiger partial charge in [-0.2, -0.15) is 0 Å². The van der Waals surface area contributed by atoms with Crippen LogP contribution in [0.3, 0.4) is 0 Å². The third-order valence-corrected chi connectivity index (χ3v) is 4.57. The summed E-state index contributed by atoms with van der Waals surface area (Å²) < 4.78 is 11.5. The molecule has 0 bridgehead atoms. The predicted octanol–water partition coefficient (Wildman–Crippen LogP) is 4.64. The van der Waals surface area contributed by atoms with E-state index in [0.29, 0.717) is 22.4 Å². The number of methoxy groups -OCH3 is 1. The number of carbonyl (C=O) groups is 1. The Kier molecular flexibility index (Phi) is 5.22. The Bertz CT molecular complexity index is 998. The minimum Gasteiger partial charge on any atom is -0.493 e. The minimum absolute atomic E-state index is 0.153. The molecule has 3 rings (SSSR count). The second kappa shape index (κ2) is 7.57. The second-order valence-electron chi connectivity index (χ2n) is 5.50. The highest BCUT2D eigenvalue weighted by atomic mass is 79.9. The van der Waals surface area contributed by atoms with Crippen molar-refractivity contribution in [1.82, 2.24) is 4.98 Å². The fourth-order valence-corrected chi connectivity index (χ4v) is 2.75. The smallest absolute Gasteiger partial charge is 0.302 e. The Morgan fingerprint density at radius 2 is 2.00 bits per heavy atom. The average molecular weight is 418 g/mol. The summed E-state index contributed by atoms with van der Waals surface area (Å²) in [5, 5.41) is 18.2. The molecule has 0 fully saturated rings. The molecule has 0 saturated carbocycles. The van der Waals surface area contributed by atoms with Crippen LogP contribution in [0.4, 0.5) is 5.69 Å². The van der Waals surface area contributed by atoms with Crippen molar-refractivity contribution in [3.8, 4) is 17.4 Å². The molecule has 0 spiro atoms. The van der Waals surface area contributed by atoms with Gasteiger partial charge in [0.1, 0.15) is 0 Å². The van der Waals surface area contributed by atoms with Crippen LogP contribution in [0.1, 0.15) is 5.56 Å². The van der Waals surface area contributed by atoms with Gasteiger partial charge in [0, 0.05) is 9.86 Å². The van der Waals surface area contributed by atoms with Crippen LogP contribution in [0, 0.1) is 6.92 Å². The number of aromatic amines is 1. The van der Waals surface area contributed by atoms with Crippen molar-refractivity contribution >= 4 is 38.4 Å². The van der Waals surface area contributed by atoms with Crippen LogP contribution in [0.5, 0.6) is 17.4 Å². The van der Waals surface area contributed by atoms with Crippen LogP contribution in [0.15, 0.2) is 51.1 Å². The zero-order valence-electron chi connectivity index (χ0n) is 14.1. The lowest BCUT2D eigenvalue weighted by Crippen LogP contribution is -2.08. The lowest BCUT2D eigenvalue weighted by atomic mass is 10.1. The normalized spacial score (nSPS) is 11.2. The topological polar surface area (TPSA) is 96.3 Å². The van der Waals surface area contributed by atoms with E-state index in [-0.39, 0.29) is 18.2 Å². The first-order valence-electron chi connectivity index (χ1n) is 7.70. The van der Waals surface area contributed by atoms with E-state index in [1.54, 1.807) is 24.3 Å². The van der Waals surface area contributed by atoms with E-state index < -0.39 is 5.91 Å². The minimum atomic E-state index is -0.585. The van der Waals surface area contributed by atoms with Gasteiger partial charge in [0.25, 0.3) is 0 Å². The van der Waals surface area contributed by atoms with Crippen molar-refractivity contribution in [2.24, 2.45) is 10.2 Å². The molecule has 1 heterocycles. The van der Waals surface area contributed by atoms with Gasteiger partial charge < -0.3 is 19.6 Å². The second-order valence-corrected chi connectivity index (χ2v) is 6.36. The molecule has 0 aliphatic heterocycles. The van der Waals surface area contributed by atoms with Gasteiger partial charge in [-0.25, -0.2) is 0 Å². The van der Waals surface area contributed by atoms with Crippen LogP contribution in [0.2, 0.25) is 0 Å². The fourth-order valence-electron chi connectivity index (χ4n) is 2.41. The molecule has 0 aliphatic rings. The third kappa shape index (κ3) is 3.70. The number of para-hydroxylation sites is 2. The zero-order valence-corrected chi connectivity index (χ0v) is 15.7. The first-order valence-corrected chi connectivity index (χ1v) is 8.50. The number of aryl methyl sites for hydroxylation is 1. The van der Waals surface area contributed by atoms with Crippen LogP contribution >= 0.6 is 15.9 Å². The maximum atomic E-state index is 12.0. The molecular weight excluding hydrogens is 402 g/mol. The largest absolute Gasteiger partial charge is 0.493 e. The van der Waals surface area contributed by atoms with Gasteiger partial charge in [-0.15, -0.1) is 10.2 Å². The van der Waals surface area contributed by atoms with Crippen molar-refractivity contribution in [2.75, 3.05) is 13.7 Å². The molecular formula is C18H16BrN3O4. The molecule has 2 N–H and O–H groups in total. The Balaban J connectivity index is 1.75. The number of rotatable bonds is 5. The Morgan fingerprint density at radius 3 is 2.73 bits per heavy atom. The predicted molar refractivity (Wildman–Crippen MR) is 100 cm³/mol. The summed E-state index contributed by atoms with van der Waals surface area (Å²) in [5.74, 6) is 0.222. The number of hydrogen-bond donors (Lipinski definition) is 2. The number of fused-ring (bicyclic) bond motifs is 1. The molecule has 0 saturated heterocycles. The van der Waals surface area contributed by atoms with Gasteiger partial charge >= 0.3 is 5.91 Å². The van der Waals surface area contributed by atoms with Crippen molar-refractivity contribution in [3.63, 3.8) is 0 Å². The lowest BCUT2D eigenvalue weighted by molar-refractivity contribution is -0.120. The van der Waals surface area contributed by atoms with Crippen LogP contribution in [-0.2, 0) is 4.79 Å². The van der Waals surface area contributed by atoms with Gasteiger partial charge in [0.15, 0.2) is 23.8 Å². The molecule has 3 aromatic rings. The number of carbonyl (C=O) groups excluding carboxylic acids is 1. The van der Waals surface area contributed by atoms with Crippen molar-refractivity contribution in [2.45, 2.75) is 6.92 Å². The Morgan fingerprint density at radius 1 is 1.27 bits per heavy atom. The first kappa shape index (κ1) is 17.9. The van der Waals surface area contributed by atoms with Gasteiger partial charge in [-0.1, -0.05) is 28.1 Å². The molecule has 0 atom stereocenters.